The number of benzene rings is 1. The average Bonchev–Trinajstić information content (AvgIpc) is 2.37. The molecule has 3 heteroatoms. The van der Waals surface area contributed by atoms with Crippen LogP contribution in [-0.4, -0.2) is 13.2 Å². The number of hydrogen-bond donors (Lipinski definition) is 1. The van der Waals surface area contributed by atoms with Gasteiger partial charge in [-0.25, -0.2) is 0 Å². The summed E-state index contributed by atoms with van der Waals surface area (Å²) in [6.45, 7) is 3.69. The summed E-state index contributed by atoms with van der Waals surface area (Å²) in [4.78, 5) is 4.89. The van der Waals surface area contributed by atoms with Crippen LogP contribution in [0.4, 0.5) is 0 Å². The molecule has 0 saturated heterocycles. The standard InChI is InChI=1S/C14H16N2O/c1-3-4-14(16-17-2)10-9-12-5-7-13(11-15)8-6-12/h3,5-10,14,16H,1,4H2,2H3/b10-9+. The molecule has 17 heavy (non-hydrogen) atoms. The van der Waals surface area contributed by atoms with E-state index in [9.17, 15) is 0 Å². The molecule has 0 saturated carbocycles. The van der Waals surface area contributed by atoms with E-state index in [-0.39, 0.29) is 6.04 Å². The van der Waals surface area contributed by atoms with Gasteiger partial charge in [0.05, 0.1) is 24.8 Å². The highest BCUT2D eigenvalue weighted by molar-refractivity contribution is 5.51. The predicted molar refractivity (Wildman–Crippen MR) is 68.9 cm³/mol. The van der Waals surface area contributed by atoms with Gasteiger partial charge in [0, 0.05) is 0 Å². The second-order valence-corrected chi connectivity index (χ2v) is 3.55. The van der Waals surface area contributed by atoms with Crippen LogP contribution in [0.15, 0.2) is 43.0 Å². The molecule has 3 nitrogen and oxygen atoms in total. The zero-order chi connectivity index (χ0) is 12.5. The van der Waals surface area contributed by atoms with E-state index >= 15 is 0 Å². The fourth-order valence-corrected chi connectivity index (χ4v) is 1.39. The van der Waals surface area contributed by atoms with Gasteiger partial charge >= 0.3 is 0 Å². The third-order valence-electron chi connectivity index (χ3n) is 2.25. The smallest absolute Gasteiger partial charge is 0.0991 e. The SMILES string of the molecule is C=CCC(/C=C/c1ccc(C#N)cc1)NOC. The first-order chi connectivity index (χ1) is 8.30. The van der Waals surface area contributed by atoms with E-state index in [1.54, 1.807) is 19.2 Å². The molecule has 0 aliphatic heterocycles. The first-order valence-corrected chi connectivity index (χ1v) is 5.38. The Balaban J connectivity index is 2.66. The average molecular weight is 228 g/mol. The quantitative estimate of drug-likeness (QED) is 0.601. The van der Waals surface area contributed by atoms with Gasteiger partial charge in [0.25, 0.3) is 0 Å². The number of nitrogens with one attached hydrogen (secondary N) is 1. The topological polar surface area (TPSA) is 45.0 Å². The van der Waals surface area contributed by atoms with Crippen molar-refractivity contribution in [3.8, 4) is 6.07 Å². The summed E-state index contributed by atoms with van der Waals surface area (Å²) >= 11 is 0. The van der Waals surface area contributed by atoms with Crippen LogP contribution in [0.3, 0.4) is 0 Å². The highest BCUT2D eigenvalue weighted by Crippen LogP contribution is 2.07. The van der Waals surface area contributed by atoms with Crippen LogP contribution >= 0.6 is 0 Å². The first-order valence-electron chi connectivity index (χ1n) is 5.38. The zero-order valence-electron chi connectivity index (χ0n) is 9.89. The van der Waals surface area contributed by atoms with Crippen LogP contribution in [-0.2, 0) is 4.84 Å². The number of nitriles is 1. The van der Waals surface area contributed by atoms with Gasteiger partial charge in [-0.15, -0.1) is 6.58 Å². The third kappa shape index (κ3) is 4.64. The molecule has 0 amide bonds. The van der Waals surface area contributed by atoms with Crippen molar-refractivity contribution in [1.29, 1.82) is 5.26 Å². The minimum absolute atomic E-state index is 0.105. The predicted octanol–water partition coefficient (Wildman–Crippen LogP) is 2.67. The lowest BCUT2D eigenvalue weighted by Crippen LogP contribution is -2.25. The Kier molecular flexibility index (Phi) is 5.73. The maximum atomic E-state index is 8.68. The van der Waals surface area contributed by atoms with Crippen molar-refractivity contribution in [3.05, 3.63) is 54.1 Å². The molecule has 0 aliphatic rings. The minimum Gasteiger partial charge on any atom is -0.305 e. The van der Waals surface area contributed by atoms with E-state index in [4.69, 9.17) is 10.1 Å². The van der Waals surface area contributed by atoms with Crippen molar-refractivity contribution >= 4 is 6.08 Å². The summed E-state index contributed by atoms with van der Waals surface area (Å²) in [5.74, 6) is 0. The molecule has 1 N–H and O–H groups in total. The molecule has 1 rings (SSSR count). The maximum absolute atomic E-state index is 8.68. The summed E-state index contributed by atoms with van der Waals surface area (Å²) in [5.41, 5.74) is 4.58. The lowest BCUT2D eigenvalue weighted by Gasteiger charge is -2.10. The van der Waals surface area contributed by atoms with Gasteiger partial charge in [-0.2, -0.15) is 10.7 Å². The first kappa shape index (κ1) is 13.2. The van der Waals surface area contributed by atoms with Crippen molar-refractivity contribution in [2.45, 2.75) is 12.5 Å². The van der Waals surface area contributed by atoms with E-state index in [0.717, 1.165) is 12.0 Å². The molecule has 1 aromatic carbocycles. The summed E-state index contributed by atoms with van der Waals surface area (Å²) in [6, 6.07) is 9.61. The van der Waals surface area contributed by atoms with Crippen LogP contribution in [0.25, 0.3) is 6.08 Å². The molecule has 0 aromatic heterocycles. The van der Waals surface area contributed by atoms with E-state index in [1.165, 1.54) is 0 Å². The minimum atomic E-state index is 0.105. The van der Waals surface area contributed by atoms with Gasteiger partial charge in [-0.05, 0) is 24.1 Å². The molecule has 1 atom stereocenters. The number of hydrogen-bond acceptors (Lipinski definition) is 3. The molecular formula is C14H16N2O. The van der Waals surface area contributed by atoms with Gasteiger partial charge in [-0.1, -0.05) is 30.4 Å². The Morgan fingerprint density at radius 1 is 1.47 bits per heavy atom. The van der Waals surface area contributed by atoms with E-state index in [2.05, 4.69) is 18.1 Å². The number of hydroxylamine groups is 1. The molecule has 88 valence electrons. The lowest BCUT2D eigenvalue weighted by atomic mass is 10.1. The van der Waals surface area contributed by atoms with Crippen molar-refractivity contribution in [2.24, 2.45) is 0 Å². The number of nitrogens with zero attached hydrogens (tertiary/aromatic N) is 1. The molecule has 0 fully saturated rings. The van der Waals surface area contributed by atoms with Crippen LogP contribution in [0.1, 0.15) is 17.5 Å². The summed E-state index contributed by atoms with van der Waals surface area (Å²) < 4.78 is 0. The van der Waals surface area contributed by atoms with Crippen molar-refractivity contribution in [1.82, 2.24) is 5.48 Å². The van der Waals surface area contributed by atoms with Crippen molar-refractivity contribution < 1.29 is 4.84 Å². The largest absolute Gasteiger partial charge is 0.305 e. The second-order valence-electron chi connectivity index (χ2n) is 3.55. The fourth-order valence-electron chi connectivity index (χ4n) is 1.39. The third-order valence-corrected chi connectivity index (χ3v) is 2.25. The van der Waals surface area contributed by atoms with Crippen LogP contribution in [0.2, 0.25) is 0 Å². The Morgan fingerprint density at radius 2 is 2.18 bits per heavy atom. The van der Waals surface area contributed by atoms with E-state index in [0.29, 0.717) is 5.56 Å². The van der Waals surface area contributed by atoms with Gasteiger partial charge in [0.1, 0.15) is 0 Å². The van der Waals surface area contributed by atoms with Gasteiger partial charge in [-0.3, -0.25) is 0 Å². The second kappa shape index (κ2) is 7.39. The Labute approximate surface area is 102 Å². The van der Waals surface area contributed by atoms with Crippen molar-refractivity contribution in [2.75, 3.05) is 7.11 Å². The van der Waals surface area contributed by atoms with Crippen molar-refractivity contribution in [3.63, 3.8) is 0 Å². The van der Waals surface area contributed by atoms with Gasteiger partial charge in [0.2, 0.25) is 0 Å². The van der Waals surface area contributed by atoms with Gasteiger partial charge in [0.15, 0.2) is 0 Å². The summed E-state index contributed by atoms with van der Waals surface area (Å²) in [7, 11) is 1.59. The molecule has 1 unspecified atom stereocenters. The molecule has 0 aliphatic carbocycles. The normalized spacial score (nSPS) is 12.2. The highest BCUT2D eigenvalue weighted by Gasteiger charge is 1.99. The summed E-state index contributed by atoms with van der Waals surface area (Å²) in [5, 5.41) is 8.68. The molecule has 0 radical (unpaired) electrons. The van der Waals surface area contributed by atoms with Crippen LogP contribution in [0, 0.1) is 11.3 Å². The Hall–Kier alpha value is -1.89. The summed E-state index contributed by atoms with van der Waals surface area (Å²) in [6.07, 6.45) is 6.62. The van der Waals surface area contributed by atoms with E-state index in [1.807, 2.05) is 30.4 Å². The Morgan fingerprint density at radius 3 is 2.71 bits per heavy atom. The van der Waals surface area contributed by atoms with E-state index < -0.39 is 0 Å². The molecule has 0 spiro atoms. The molecule has 1 aromatic rings. The molecule has 0 heterocycles. The monoisotopic (exact) mass is 228 g/mol. The zero-order valence-corrected chi connectivity index (χ0v) is 9.89. The van der Waals surface area contributed by atoms with Crippen LogP contribution < -0.4 is 5.48 Å². The van der Waals surface area contributed by atoms with Gasteiger partial charge < -0.3 is 4.84 Å². The molecule has 0 bridgehead atoms. The highest BCUT2D eigenvalue weighted by atomic mass is 16.6. The van der Waals surface area contributed by atoms with Crippen LogP contribution in [0.5, 0.6) is 0 Å². The molecular weight excluding hydrogens is 212 g/mol. The lowest BCUT2D eigenvalue weighted by molar-refractivity contribution is 0.0746. The fraction of sp³-hybridized carbons (Fsp3) is 0.214. The number of rotatable bonds is 6. The Bertz CT molecular complexity index is 415. The maximum Gasteiger partial charge on any atom is 0.0991 e.